The lowest BCUT2D eigenvalue weighted by Crippen LogP contribution is -2.20. The summed E-state index contributed by atoms with van der Waals surface area (Å²) in [6.45, 7) is 5.66. The summed E-state index contributed by atoms with van der Waals surface area (Å²) in [7, 11) is -0.988. The molecule has 1 rings (SSSR count). The van der Waals surface area contributed by atoms with Crippen LogP contribution in [0, 0.1) is 6.92 Å². The number of hydrogen-bond donors (Lipinski definition) is 1. The molecule has 0 aliphatic carbocycles. The molecule has 20 heavy (non-hydrogen) atoms. The van der Waals surface area contributed by atoms with Gasteiger partial charge in [-0.25, -0.2) is 8.42 Å². The quantitative estimate of drug-likeness (QED) is 0.793. The summed E-state index contributed by atoms with van der Waals surface area (Å²) in [5.41, 5.74) is 3.00. The van der Waals surface area contributed by atoms with Gasteiger partial charge in [0.05, 0.1) is 17.1 Å². The molecule has 0 fully saturated rings. The molecule has 0 saturated carbocycles. The molecule has 0 aliphatic heterocycles. The maximum Gasteiger partial charge on any atom is 0.150 e. The van der Waals surface area contributed by atoms with Crippen LogP contribution in [0.15, 0.2) is 6.07 Å². The lowest BCUT2D eigenvalue weighted by molar-refractivity contribution is 0.527. The van der Waals surface area contributed by atoms with E-state index < -0.39 is 9.84 Å². The Morgan fingerprint density at radius 3 is 2.55 bits per heavy atom. The molecule has 6 heteroatoms. The Bertz CT molecular complexity index is 529. The molecule has 0 aliphatic rings. The van der Waals surface area contributed by atoms with E-state index in [0.717, 1.165) is 29.8 Å². The first kappa shape index (κ1) is 17.0. The standard InChI is InChI=1S/C14H25N3O2S/c1-5-13-12(10-11(3)16-17-13)14(15-4)8-7-9-20(18,19)6-2/h10,14-15H,5-9H2,1-4H3. The first-order valence-corrected chi connectivity index (χ1v) is 8.96. The molecule has 0 bridgehead atoms. The van der Waals surface area contributed by atoms with Gasteiger partial charge in [-0.3, -0.25) is 0 Å². The number of nitrogens with zero attached hydrogens (tertiary/aromatic N) is 2. The minimum atomic E-state index is -2.89. The summed E-state index contributed by atoms with van der Waals surface area (Å²) in [4.78, 5) is 0. The lowest BCUT2D eigenvalue weighted by Gasteiger charge is -2.19. The zero-order valence-electron chi connectivity index (χ0n) is 12.8. The molecule has 1 N–H and O–H groups in total. The summed E-state index contributed by atoms with van der Waals surface area (Å²) in [5, 5.41) is 11.6. The van der Waals surface area contributed by atoms with Gasteiger partial charge in [-0.1, -0.05) is 13.8 Å². The number of rotatable bonds is 8. The second-order valence-corrected chi connectivity index (χ2v) is 7.43. The van der Waals surface area contributed by atoms with Crippen LogP contribution in [0.4, 0.5) is 0 Å². The Labute approximate surface area is 122 Å². The van der Waals surface area contributed by atoms with E-state index in [2.05, 4.69) is 22.4 Å². The summed E-state index contributed by atoms with van der Waals surface area (Å²) < 4.78 is 23.1. The molecule has 1 aromatic heterocycles. The van der Waals surface area contributed by atoms with Gasteiger partial charge in [-0.15, -0.1) is 0 Å². The van der Waals surface area contributed by atoms with E-state index in [9.17, 15) is 8.42 Å². The predicted molar refractivity (Wildman–Crippen MR) is 81.5 cm³/mol. The summed E-state index contributed by atoms with van der Waals surface area (Å²) in [5.74, 6) is 0.466. The molecular weight excluding hydrogens is 274 g/mol. The Morgan fingerprint density at radius 2 is 2.00 bits per heavy atom. The SMILES string of the molecule is CCc1nnc(C)cc1C(CCCS(=O)(=O)CC)NC. The van der Waals surface area contributed by atoms with Crippen molar-refractivity contribution in [1.29, 1.82) is 0 Å². The van der Waals surface area contributed by atoms with Crippen molar-refractivity contribution >= 4 is 9.84 Å². The van der Waals surface area contributed by atoms with Crippen molar-refractivity contribution in [2.45, 2.75) is 46.1 Å². The molecule has 0 aromatic carbocycles. The molecule has 114 valence electrons. The molecule has 1 heterocycles. The number of hydrogen-bond acceptors (Lipinski definition) is 5. The Balaban J connectivity index is 2.78. The topological polar surface area (TPSA) is 72.0 Å². The van der Waals surface area contributed by atoms with Gasteiger partial charge in [0, 0.05) is 11.8 Å². The highest BCUT2D eigenvalue weighted by molar-refractivity contribution is 7.91. The normalized spacial score (nSPS) is 13.4. The van der Waals surface area contributed by atoms with Gasteiger partial charge in [0.25, 0.3) is 0 Å². The van der Waals surface area contributed by atoms with E-state index in [0.29, 0.717) is 6.42 Å². The Kier molecular flexibility index (Phi) is 6.55. The van der Waals surface area contributed by atoms with Crippen molar-refractivity contribution in [3.63, 3.8) is 0 Å². The number of sulfone groups is 1. The monoisotopic (exact) mass is 299 g/mol. The number of nitrogens with one attached hydrogen (secondary N) is 1. The minimum absolute atomic E-state index is 0.131. The van der Waals surface area contributed by atoms with E-state index in [1.54, 1.807) is 6.92 Å². The highest BCUT2D eigenvalue weighted by Gasteiger charge is 2.16. The van der Waals surface area contributed by atoms with Crippen molar-refractivity contribution in [1.82, 2.24) is 15.5 Å². The van der Waals surface area contributed by atoms with Crippen LogP contribution in [-0.4, -0.2) is 37.2 Å². The van der Waals surface area contributed by atoms with E-state index in [1.165, 1.54) is 0 Å². The molecule has 0 amide bonds. The van der Waals surface area contributed by atoms with E-state index in [-0.39, 0.29) is 17.5 Å². The Morgan fingerprint density at radius 1 is 1.30 bits per heavy atom. The molecule has 0 spiro atoms. The fourth-order valence-corrected chi connectivity index (χ4v) is 3.11. The number of aromatic nitrogens is 2. The van der Waals surface area contributed by atoms with Crippen molar-refractivity contribution < 1.29 is 8.42 Å². The highest BCUT2D eigenvalue weighted by atomic mass is 32.2. The predicted octanol–water partition coefficient (Wildman–Crippen LogP) is 1.82. The van der Waals surface area contributed by atoms with Crippen LogP contribution in [0.5, 0.6) is 0 Å². The molecule has 0 radical (unpaired) electrons. The van der Waals surface area contributed by atoms with Crippen LogP contribution in [-0.2, 0) is 16.3 Å². The largest absolute Gasteiger partial charge is 0.313 e. The minimum Gasteiger partial charge on any atom is -0.313 e. The van der Waals surface area contributed by atoms with E-state index in [4.69, 9.17) is 0 Å². The van der Waals surface area contributed by atoms with Crippen LogP contribution < -0.4 is 5.32 Å². The van der Waals surface area contributed by atoms with Crippen molar-refractivity contribution in [2.24, 2.45) is 0 Å². The summed E-state index contributed by atoms with van der Waals surface area (Å²) in [6.07, 6.45) is 2.27. The Hall–Kier alpha value is -1.01. The molecule has 1 atom stereocenters. The van der Waals surface area contributed by atoms with Gasteiger partial charge < -0.3 is 5.32 Å². The smallest absolute Gasteiger partial charge is 0.150 e. The van der Waals surface area contributed by atoms with E-state index in [1.807, 2.05) is 20.0 Å². The zero-order valence-corrected chi connectivity index (χ0v) is 13.6. The molecule has 1 aromatic rings. The molecule has 0 saturated heterocycles. The average molecular weight is 299 g/mol. The maximum absolute atomic E-state index is 11.5. The first-order valence-electron chi connectivity index (χ1n) is 7.14. The molecule has 1 unspecified atom stereocenters. The highest BCUT2D eigenvalue weighted by Crippen LogP contribution is 2.22. The van der Waals surface area contributed by atoms with Crippen molar-refractivity contribution in [3.05, 3.63) is 23.0 Å². The summed E-state index contributed by atoms with van der Waals surface area (Å²) in [6, 6.07) is 2.17. The van der Waals surface area contributed by atoms with Gasteiger partial charge >= 0.3 is 0 Å². The second-order valence-electron chi connectivity index (χ2n) is 4.96. The summed E-state index contributed by atoms with van der Waals surface area (Å²) >= 11 is 0. The lowest BCUT2D eigenvalue weighted by atomic mass is 9.99. The fourth-order valence-electron chi connectivity index (χ4n) is 2.22. The third kappa shape index (κ3) is 4.83. The second kappa shape index (κ2) is 7.69. The van der Waals surface area contributed by atoms with Gasteiger partial charge in [0.15, 0.2) is 0 Å². The first-order chi connectivity index (χ1) is 9.43. The van der Waals surface area contributed by atoms with Crippen LogP contribution in [0.1, 0.15) is 49.7 Å². The van der Waals surface area contributed by atoms with Crippen LogP contribution in [0.3, 0.4) is 0 Å². The van der Waals surface area contributed by atoms with Crippen molar-refractivity contribution in [3.8, 4) is 0 Å². The van der Waals surface area contributed by atoms with Gasteiger partial charge in [-0.2, -0.15) is 10.2 Å². The zero-order chi connectivity index (χ0) is 15.2. The van der Waals surface area contributed by atoms with Crippen LogP contribution >= 0.6 is 0 Å². The van der Waals surface area contributed by atoms with Gasteiger partial charge in [0.1, 0.15) is 9.84 Å². The van der Waals surface area contributed by atoms with Crippen LogP contribution in [0.2, 0.25) is 0 Å². The number of aryl methyl sites for hydroxylation is 2. The average Bonchev–Trinajstić information content (AvgIpc) is 2.43. The van der Waals surface area contributed by atoms with Gasteiger partial charge in [0.2, 0.25) is 0 Å². The fraction of sp³-hybridized carbons (Fsp3) is 0.714. The molecule has 5 nitrogen and oxygen atoms in total. The van der Waals surface area contributed by atoms with E-state index >= 15 is 0 Å². The van der Waals surface area contributed by atoms with Crippen molar-refractivity contribution in [2.75, 3.05) is 18.6 Å². The molecular formula is C14H25N3O2S. The maximum atomic E-state index is 11.5. The van der Waals surface area contributed by atoms with Crippen LogP contribution in [0.25, 0.3) is 0 Å². The van der Waals surface area contributed by atoms with Gasteiger partial charge in [-0.05, 0) is 44.9 Å². The third-order valence-electron chi connectivity index (χ3n) is 3.47. The third-order valence-corrected chi connectivity index (χ3v) is 5.26.